The SMILES string of the molecule is O=C(Cc1ccc(Cl)cc1Cl)Nc1ccc2c(c1)NC(=O)CS2. The van der Waals surface area contributed by atoms with Crippen molar-refractivity contribution in [3.63, 3.8) is 0 Å². The lowest BCUT2D eigenvalue weighted by Crippen LogP contribution is -2.19. The summed E-state index contributed by atoms with van der Waals surface area (Å²) in [6, 6.07) is 10.5. The number of thioether (sulfide) groups is 1. The molecule has 2 N–H and O–H groups in total. The van der Waals surface area contributed by atoms with Gasteiger partial charge in [0, 0.05) is 20.6 Å². The zero-order valence-corrected chi connectivity index (χ0v) is 14.2. The molecule has 2 aromatic carbocycles. The van der Waals surface area contributed by atoms with Gasteiger partial charge >= 0.3 is 0 Å². The maximum atomic E-state index is 12.2. The Bertz CT molecular complexity index is 796. The molecule has 0 spiro atoms. The Balaban J connectivity index is 1.70. The fourth-order valence-electron chi connectivity index (χ4n) is 2.20. The average molecular weight is 367 g/mol. The molecule has 0 atom stereocenters. The minimum atomic E-state index is -0.191. The van der Waals surface area contributed by atoms with Crippen LogP contribution in [0.1, 0.15) is 5.56 Å². The molecule has 0 saturated carbocycles. The average Bonchev–Trinajstić information content (AvgIpc) is 2.49. The van der Waals surface area contributed by atoms with Crippen molar-refractivity contribution in [1.29, 1.82) is 0 Å². The fraction of sp³-hybridized carbons (Fsp3) is 0.125. The van der Waals surface area contributed by atoms with Gasteiger partial charge in [0.05, 0.1) is 17.9 Å². The van der Waals surface area contributed by atoms with Crippen LogP contribution in [0.15, 0.2) is 41.3 Å². The summed E-state index contributed by atoms with van der Waals surface area (Å²) in [6.07, 6.45) is 0.147. The van der Waals surface area contributed by atoms with Crippen LogP contribution in [0.3, 0.4) is 0 Å². The predicted molar refractivity (Wildman–Crippen MR) is 94.6 cm³/mol. The van der Waals surface area contributed by atoms with Crippen LogP contribution < -0.4 is 10.6 Å². The van der Waals surface area contributed by atoms with Gasteiger partial charge in [0.2, 0.25) is 11.8 Å². The number of amides is 2. The van der Waals surface area contributed by atoms with Crippen molar-refractivity contribution in [3.8, 4) is 0 Å². The molecule has 0 aliphatic carbocycles. The van der Waals surface area contributed by atoms with Crippen LogP contribution in [-0.4, -0.2) is 17.6 Å². The summed E-state index contributed by atoms with van der Waals surface area (Å²) in [5, 5.41) is 6.59. The smallest absolute Gasteiger partial charge is 0.234 e. The maximum absolute atomic E-state index is 12.2. The Labute approximate surface area is 147 Å². The molecular weight excluding hydrogens is 355 g/mol. The van der Waals surface area contributed by atoms with E-state index in [1.807, 2.05) is 12.1 Å². The number of benzene rings is 2. The molecule has 23 heavy (non-hydrogen) atoms. The molecule has 3 rings (SSSR count). The van der Waals surface area contributed by atoms with Crippen molar-refractivity contribution in [3.05, 3.63) is 52.0 Å². The molecule has 0 unspecified atom stereocenters. The molecule has 0 saturated heterocycles. The molecule has 4 nitrogen and oxygen atoms in total. The van der Waals surface area contributed by atoms with Crippen LogP contribution >= 0.6 is 35.0 Å². The van der Waals surface area contributed by atoms with Crippen molar-refractivity contribution in [2.24, 2.45) is 0 Å². The van der Waals surface area contributed by atoms with Crippen LogP contribution in [0.4, 0.5) is 11.4 Å². The number of carbonyl (C=O) groups excluding carboxylic acids is 2. The molecule has 2 aromatic rings. The van der Waals surface area contributed by atoms with E-state index in [1.165, 1.54) is 11.8 Å². The van der Waals surface area contributed by atoms with E-state index in [-0.39, 0.29) is 18.2 Å². The zero-order chi connectivity index (χ0) is 16.4. The molecule has 2 amide bonds. The number of rotatable bonds is 3. The molecule has 0 fully saturated rings. The Morgan fingerprint density at radius 1 is 1.22 bits per heavy atom. The number of halogens is 2. The van der Waals surface area contributed by atoms with E-state index in [2.05, 4.69) is 10.6 Å². The minimum Gasteiger partial charge on any atom is -0.326 e. The summed E-state index contributed by atoms with van der Waals surface area (Å²) < 4.78 is 0. The third-order valence-corrected chi connectivity index (χ3v) is 4.92. The van der Waals surface area contributed by atoms with Crippen LogP contribution in [0.25, 0.3) is 0 Å². The molecular formula is C16H12Cl2N2O2S. The van der Waals surface area contributed by atoms with Crippen molar-refractivity contribution >= 4 is 58.2 Å². The molecule has 0 bridgehead atoms. The number of carbonyl (C=O) groups is 2. The largest absolute Gasteiger partial charge is 0.326 e. The van der Waals surface area contributed by atoms with Crippen molar-refractivity contribution in [2.45, 2.75) is 11.3 Å². The fourth-order valence-corrected chi connectivity index (χ4v) is 3.47. The van der Waals surface area contributed by atoms with Crippen LogP contribution in [0.5, 0.6) is 0 Å². The molecule has 118 valence electrons. The van der Waals surface area contributed by atoms with Crippen molar-refractivity contribution in [1.82, 2.24) is 0 Å². The summed E-state index contributed by atoms with van der Waals surface area (Å²) in [5.74, 6) is 0.177. The van der Waals surface area contributed by atoms with Crippen molar-refractivity contribution in [2.75, 3.05) is 16.4 Å². The van der Waals surface area contributed by atoms with Gasteiger partial charge in [-0.1, -0.05) is 29.3 Å². The second-order valence-corrected chi connectivity index (χ2v) is 6.87. The topological polar surface area (TPSA) is 58.2 Å². The second kappa shape index (κ2) is 6.83. The number of anilines is 2. The van der Waals surface area contributed by atoms with Crippen molar-refractivity contribution < 1.29 is 9.59 Å². The van der Waals surface area contributed by atoms with E-state index in [0.29, 0.717) is 32.7 Å². The first-order valence-corrected chi connectivity index (χ1v) is 8.56. The van der Waals surface area contributed by atoms with Gasteiger partial charge in [-0.25, -0.2) is 0 Å². The summed E-state index contributed by atoms with van der Waals surface area (Å²) in [7, 11) is 0. The molecule has 0 radical (unpaired) electrons. The Morgan fingerprint density at radius 3 is 2.83 bits per heavy atom. The van der Waals surface area contributed by atoms with Gasteiger partial charge in [-0.15, -0.1) is 11.8 Å². The standard InChI is InChI=1S/C16H12Cl2N2O2S/c17-10-2-1-9(12(18)6-10)5-15(21)19-11-3-4-14-13(7-11)20-16(22)8-23-14/h1-4,6-7H,5,8H2,(H,19,21)(H,20,22). The first kappa shape index (κ1) is 16.2. The monoisotopic (exact) mass is 366 g/mol. The molecule has 0 aromatic heterocycles. The van der Waals surface area contributed by atoms with Gasteiger partial charge in [0.15, 0.2) is 0 Å². The first-order chi connectivity index (χ1) is 11.0. The second-order valence-electron chi connectivity index (χ2n) is 5.01. The lowest BCUT2D eigenvalue weighted by molar-refractivity contribution is -0.115. The molecule has 1 aliphatic rings. The summed E-state index contributed by atoms with van der Waals surface area (Å²) >= 11 is 13.4. The summed E-state index contributed by atoms with van der Waals surface area (Å²) in [6.45, 7) is 0. The number of hydrogen-bond donors (Lipinski definition) is 2. The van der Waals surface area contributed by atoms with Gasteiger partial charge < -0.3 is 10.6 Å². The zero-order valence-electron chi connectivity index (χ0n) is 11.9. The predicted octanol–water partition coefficient (Wildman–Crippen LogP) is 4.22. The summed E-state index contributed by atoms with van der Waals surface area (Å²) in [4.78, 5) is 24.6. The number of hydrogen-bond acceptors (Lipinski definition) is 3. The van der Waals surface area contributed by atoms with Gasteiger partial charge in [-0.2, -0.15) is 0 Å². The normalized spacial score (nSPS) is 13.2. The minimum absolute atomic E-state index is 0.0427. The molecule has 1 heterocycles. The Morgan fingerprint density at radius 2 is 2.04 bits per heavy atom. The van der Waals surface area contributed by atoms with Gasteiger partial charge in [-0.3, -0.25) is 9.59 Å². The highest BCUT2D eigenvalue weighted by molar-refractivity contribution is 8.00. The van der Waals surface area contributed by atoms with Crippen LogP contribution in [0.2, 0.25) is 10.0 Å². The Kier molecular flexibility index (Phi) is 4.80. The lowest BCUT2D eigenvalue weighted by Gasteiger charge is -2.17. The molecule has 1 aliphatic heterocycles. The number of nitrogens with one attached hydrogen (secondary N) is 2. The van der Waals surface area contributed by atoms with E-state index in [4.69, 9.17) is 23.2 Å². The third kappa shape index (κ3) is 3.99. The highest BCUT2D eigenvalue weighted by Crippen LogP contribution is 2.33. The van der Waals surface area contributed by atoms with Crippen LogP contribution in [-0.2, 0) is 16.0 Å². The van der Waals surface area contributed by atoms with E-state index in [9.17, 15) is 9.59 Å². The van der Waals surface area contributed by atoms with E-state index in [0.717, 1.165) is 4.90 Å². The molecule has 7 heteroatoms. The lowest BCUT2D eigenvalue weighted by atomic mass is 10.1. The quantitative estimate of drug-likeness (QED) is 0.854. The van der Waals surface area contributed by atoms with Gasteiger partial charge in [0.25, 0.3) is 0 Å². The third-order valence-electron chi connectivity index (χ3n) is 3.26. The van der Waals surface area contributed by atoms with E-state index in [1.54, 1.807) is 24.3 Å². The van der Waals surface area contributed by atoms with Gasteiger partial charge in [0.1, 0.15) is 0 Å². The first-order valence-electron chi connectivity index (χ1n) is 6.82. The van der Waals surface area contributed by atoms with E-state index < -0.39 is 0 Å². The van der Waals surface area contributed by atoms with Crippen LogP contribution in [0, 0.1) is 0 Å². The van der Waals surface area contributed by atoms with Gasteiger partial charge in [-0.05, 0) is 35.9 Å². The summed E-state index contributed by atoms with van der Waals surface area (Å²) in [5.41, 5.74) is 2.05. The van der Waals surface area contributed by atoms with E-state index >= 15 is 0 Å². The highest BCUT2D eigenvalue weighted by Gasteiger charge is 2.16. The maximum Gasteiger partial charge on any atom is 0.234 e. The highest BCUT2D eigenvalue weighted by atomic mass is 35.5. The number of fused-ring (bicyclic) bond motifs is 1. The Hall–Kier alpha value is -1.69.